The number of guanidine groups is 1. The fourth-order valence-corrected chi connectivity index (χ4v) is 5.39. The maximum atomic E-state index is 13.1. The number of hydrogen-bond donors (Lipinski definition) is 9. The number of carbonyl (C=O) groups excluding carboxylic acids is 6. The first-order valence-corrected chi connectivity index (χ1v) is 14.4. The standard InChI is InChI=1S/C21H34N8O8S2/c22-15(31)8-12-14(30)3-4-16(32)27-11(2-1-6-25-21(23)24)20(37)29-13(19(36)26-9-18(34)35)10-39-38-7-5-17(33)28-12/h11-13H,1-10H2,(H2,22,31)(H,26,36)(H,27,32)(H,28,33)(H,29,37)(H,34,35)(H4,23,24,25)/t11-,12-,13-/m0/s1. The van der Waals surface area contributed by atoms with Crippen molar-refractivity contribution in [3.8, 4) is 0 Å². The van der Waals surface area contributed by atoms with Crippen molar-refractivity contribution in [2.45, 2.75) is 56.7 Å². The maximum Gasteiger partial charge on any atom is 0.322 e. The highest BCUT2D eigenvalue weighted by molar-refractivity contribution is 8.76. The van der Waals surface area contributed by atoms with Crippen LogP contribution in [-0.2, 0) is 33.6 Å². The fourth-order valence-electron chi connectivity index (χ4n) is 3.24. The Balaban J connectivity index is 3.10. The SMILES string of the molecule is N=C(N)NCCC[C@@H]1NC(=O)CCC(=O)[C@H](CC(N)=O)NC(=O)CCSSC[C@@H](C(=O)NCC(=O)O)NC1=O. The molecule has 1 aliphatic rings. The van der Waals surface area contributed by atoms with Crippen molar-refractivity contribution in [3.05, 3.63) is 0 Å². The molecule has 1 rings (SSSR count). The summed E-state index contributed by atoms with van der Waals surface area (Å²) in [7, 11) is 2.35. The van der Waals surface area contributed by atoms with Gasteiger partial charge in [0.1, 0.15) is 18.6 Å². The van der Waals surface area contributed by atoms with E-state index in [0.717, 1.165) is 10.8 Å². The van der Waals surface area contributed by atoms with Crippen molar-refractivity contribution in [3.63, 3.8) is 0 Å². The molecule has 3 atom stereocenters. The van der Waals surface area contributed by atoms with E-state index in [1.54, 1.807) is 0 Å². The number of carboxylic acids is 1. The van der Waals surface area contributed by atoms with E-state index < -0.39 is 72.4 Å². The molecule has 0 aliphatic carbocycles. The van der Waals surface area contributed by atoms with Gasteiger partial charge >= 0.3 is 5.97 Å². The van der Waals surface area contributed by atoms with Crippen LogP contribution in [0.4, 0.5) is 0 Å². The van der Waals surface area contributed by atoms with Gasteiger partial charge in [-0.05, 0) is 12.8 Å². The zero-order valence-corrected chi connectivity index (χ0v) is 22.7. The number of amides is 5. The summed E-state index contributed by atoms with van der Waals surface area (Å²) in [6, 6.07) is -3.49. The predicted octanol–water partition coefficient (Wildman–Crippen LogP) is -3.09. The smallest absolute Gasteiger partial charge is 0.322 e. The van der Waals surface area contributed by atoms with Crippen molar-refractivity contribution in [1.29, 1.82) is 5.41 Å². The third kappa shape index (κ3) is 14.8. The van der Waals surface area contributed by atoms with E-state index >= 15 is 0 Å². The summed E-state index contributed by atoms with van der Waals surface area (Å²) in [6.45, 7) is -0.447. The molecule has 1 fully saturated rings. The van der Waals surface area contributed by atoms with Gasteiger partial charge in [0, 0.05) is 37.3 Å². The molecule has 0 bridgehead atoms. The van der Waals surface area contributed by atoms with E-state index in [-0.39, 0.29) is 49.7 Å². The molecular weight excluding hydrogens is 556 g/mol. The topological polar surface area (TPSA) is 276 Å². The number of carboxylic acid groups (broad SMARTS) is 1. The molecule has 1 aliphatic heterocycles. The third-order valence-corrected chi connectivity index (χ3v) is 7.56. The monoisotopic (exact) mass is 590 g/mol. The number of Topliss-reactive ketones (excluding diaryl/α,β-unsaturated/α-hetero) is 1. The van der Waals surface area contributed by atoms with Crippen LogP contribution in [-0.4, -0.2) is 95.1 Å². The second-order valence-corrected chi connectivity index (χ2v) is 11.0. The average molecular weight is 591 g/mol. The number of hydrogen-bond acceptors (Lipinski definition) is 10. The van der Waals surface area contributed by atoms with E-state index in [9.17, 15) is 33.6 Å². The average Bonchev–Trinajstić information content (AvgIpc) is 2.85. The van der Waals surface area contributed by atoms with Crippen LogP contribution in [0, 0.1) is 5.41 Å². The van der Waals surface area contributed by atoms with Crippen LogP contribution >= 0.6 is 21.6 Å². The predicted molar refractivity (Wildman–Crippen MR) is 143 cm³/mol. The van der Waals surface area contributed by atoms with Gasteiger partial charge in [0.25, 0.3) is 0 Å². The molecule has 218 valence electrons. The van der Waals surface area contributed by atoms with Gasteiger partial charge in [0.05, 0.1) is 12.5 Å². The van der Waals surface area contributed by atoms with Crippen LogP contribution in [0.25, 0.3) is 0 Å². The number of primary amides is 1. The summed E-state index contributed by atoms with van der Waals surface area (Å²) < 4.78 is 0. The van der Waals surface area contributed by atoms with Gasteiger partial charge in [-0.1, -0.05) is 21.6 Å². The molecule has 0 radical (unpaired) electrons. The second kappa shape index (κ2) is 17.9. The molecule has 0 aromatic rings. The Morgan fingerprint density at radius 3 is 2.26 bits per heavy atom. The Hall–Kier alpha value is -3.54. The third-order valence-electron chi connectivity index (χ3n) is 5.14. The van der Waals surface area contributed by atoms with Gasteiger partial charge in [0.15, 0.2) is 11.7 Å². The molecule has 0 aromatic carbocycles. The Labute approximate surface area is 232 Å². The summed E-state index contributed by atoms with van der Waals surface area (Å²) in [5.74, 6) is -5.33. The highest BCUT2D eigenvalue weighted by Gasteiger charge is 2.28. The van der Waals surface area contributed by atoms with Gasteiger partial charge in [-0.25, -0.2) is 0 Å². The molecule has 11 N–H and O–H groups in total. The minimum absolute atomic E-state index is 0.0127. The Morgan fingerprint density at radius 1 is 0.949 bits per heavy atom. The Bertz CT molecular complexity index is 951. The lowest BCUT2D eigenvalue weighted by molar-refractivity contribution is -0.138. The summed E-state index contributed by atoms with van der Waals surface area (Å²) >= 11 is 0. The summed E-state index contributed by atoms with van der Waals surface area (Å²) in [6.07, 6.45) is -0.779. The molecule has 1 heterocycles. The van der Waals surface area contributed by atoms with Crippen molar-refractivity contribution in [2.24, 2.45) is 11.5 Å². The maximum absolute atomic E-state index is 13.1. The molecule has 0 saturated carbocycles. The van der Waals surface area contributed by atoms with Gasteiger partial charge in [-0.2, -0.15) is 0 Å². The number of aliphatic carboxylic acids is 1. The number of carbonyl (C=O) groups is 7. The first kappa shape index (κ1) is 33.5. The second-order valence-electron chi connectivity index (χ2n) is 8.39. The van der Waals surface area contributed by atoms with Gasteiger partial charge in [-0.15, -0.1) is 0 Å². The molecule has 0 unspecified atom stereocenters. The minimum Gasteiger partial charge on any atom is -0.480 e. The fraction of sp³-hybridized carbons (Fsp3) is 0.619. The van der Waals surface area contributed by atoms with Crippen molar-refractivity contribution in [2.75, 3.05) is 24.6 Å². The molecule has 0 spiro atoms. The molecular formula is C21H34N8O8S2. The van der Waals surface area contributed by atoms with Crippen molar-refractivity contribution < 1.29 is 38.7 Å². The normalized spacial score (nSPS) is 21.9. The number of rotatable bonds is 9. The van der Waals surface area contributed by atoms with Crippen LogP contribution in [0.5, 0.6) is 0 Å². The number of nitrogens with one attached hydrogen (secondary N) is 6. The van der Waals surface area contributed by atoms with Gasteiger partial charge in [0.2, 0.25) is 29.5 Å². The number of nitrogens with two attached hydrogens (primary N) is 2. The van der Waals surface area contributed by atoms with Crippen molar-refractivity contribution in [1.82, 2.24) is 26.6 Å². The Kier molecular flexibility index (Phi) is 15.3. The lowest BCUT2D eigenvalue weighted by Gasteiger charge is -2.23. The largest absolute Gasteiger partial charge is 0.480 e. The minimum atomic E-state index is -1.28. The van der Waals surface area contributed by atoms with E-state index in [4.69, 9.17) is 22.0 Å². The highest BCUT2D eigenvalue weighted by Crippen LogP contribution is 2.23. The molecule has 1 saturated heterocycles. The Morgan fingerprint density at radius 2 is 1.62 bits per heavy atom. The van der Waals surface area contributed by atoms with E-state index in [2.05, 4.69) is 26.6 Å². The zero-order valence-electron chi connectivity index (χ0n) is 21.1. The van der Waals surface area contributed by atoms with Gasteiger partial charge < -0.3 is 43.2 Å². The molecule has 16 nitrogen and oxygen atoms in total. The van der Waals surface area contributed by atoms with Crippen LogP contribution in [0.1, 0.15) is 38.5 Å². The summed E-state index contributed by atoms with van der Waals surface area (Å²) in [4.78, 5) is 85.4. The molecule has 5 amide bonds. The van der Waals surface area contributed by atoms with E-state index in [1.165, 1.54) is 10.8 Å². The lowest BCUT2D eigenvalue weighted by atomic mass is 10.0. The van der Waals surface area contributed by atoms with Crippen LogP contribution in [0.3, 0.4) is 0 Å². The molecule has 0 aromatic heterocycles. The van der Waals surface area contributed by atoms with E-state index in [1.807, 2.05) is 0 Å². The molecule has 18 heteroatoms. The van der Waals surface area contributed by atoms with Crippen LogP contribution in [0.15, 0.2) is 0 Å². The summed E-state index contributed by atoms with van der Waals surface area (Å²) in [5, 5.41) is 28.3. The van der Waals surface area contributed by atoms with Crippen LogP contribution < -0.4 is 38.1 Å². The quantitative estimate of drug-likeness (QED) is 0.0559. The molecule has 39 heavy (non-hydrogen) atoms. The summed E-state index contributed by atoms with van der Waals surface area (Å²) in [5.41, 5.74) is 10.4. The lowest BCUT2D eigenvalue weighted by Crippen LogP contribution is -2.55. The number of ketones is 1. The van der Waals surface area contributed by atoms with E-state index in [0.29, 0.717) is 6.42 Å². The zero-order chi connectivity index (χ0) is 29.4. The van der Waals surface area contributed by atoms with Crippen molar-refractivity contribution >= 4 is 68.8 Å². The van der Waals surface area contributed by atoms with Gasteiger partial charge in [-0.3, -0.25) is 39.0 Å². The first-order valence-electron chi connectivity index (χ1n) is 11.9. The highest BCUT2D eigenvalue weighted by atomic mass is 33.1. The first-order chi connectivity index (χ1) is 18.4. The van der Waals surface area contributed by atoms with Crippen LogP contribution in [0.2, 0.25) is 0 Å².